The molecule has 162 valence electrons. The summed E-state index contributed by atoms with van der Waals surface area (Å²) in [7, 11) is 0. The number of hydrogen-bond acceptors (Lipinski definition) is 2. The molecule has 0 radical (unpaired) electrons. The van der Waals surface area contributed by atoms with Crippen molar-refractivity contribution in [1.29, 1.82) is 0 Å². The fourth-order valence-electron chi connectivity index (χ4n) is 3.43. The van der Waals surface area contributed by atoms with E-state index in [0.29, 0.717) is 13.0 Å². The van der Waals surface area contributed by atoms with E-state index in [1.165, 1.54) is 103 Å². The molecule has 0 aromatic rings. The summed E-state index contributed by atoms with van der Waals surface area (Å²) < 4.78 is 5.15. The minimum atomic E-state index is -0.472. The van der Waals surface area contributed by atoms with Gasteiger partial charge in [0.15, 0.2) is 0 Å². The average molecular weight is 403 g/mol. The maximum Gasteiger partial charge on any atom is 0.324 e. The minimum Gasteiger partial charge on any atom is -0.465 e. The molecule has 0 saturated carbocycles. The maximum atomic E-state index is 11.4. The van der Waals surface area contributed by atoms with E-state index in [9.17, 15) is 4.79 Å². The van der Waals surface area contributed by atoms with Gasteiger partial charge in [0.1, 0.15) is 5.38 Å². The molecular weight excluding hydrogens is 356 g/mol. The molecule has 1 unspecified atom stereocenters. The van der Waals surface area contributed by atoms with Gasteiger partial charge < -0.3 is 4.74 Å². The summed E-state index contributed by atoms with van der Waals surface area (Å²) >= 11 is 5.83. The number of halogens is 1. The second-order valence-corrected chi connectivity index (χ2v) is 8.58. The predicted molar refractivity (Wildman–Crippen MR) is 120 cm³/mol. The van der Waals surface area contributed by atoms with E-state index < -0.39 is 5.38 Å². The van der Waals surface area contributed by atoms with E-state index in [-0.39, 0.29) is 5.97 Å². The van der Waals surface area contributed by atoms with Gasteiger partial charge in [0.2, 0.25) is 0 Å². The summed E-state index contributed by atoms with van der Waals surface area (Å²) in [6.45, 7) is 4.71. The van der Waals surface area contributed by atoms with E-state index in [0.717, 1.165) is 12.8 Å². The Bertz CT molecular complexity index is 307. The molecule has 2 nitrogen and oxygen atoms in total. The third kappa shape index (κ3) is 20.3. The first-order chi connectivity index (χ1) is 13.2. The molecule has 3 heteroatoms. The maximum absolute atomic E-state index is 11.4. The third-order valence-corrected chi connectivity index (χ3v) is 5.84. The molecule has 0 fully saturated rings. The number of carbonyl (C=O) groups excluding carboxylic acids is 1. The van der Waals surface area contributed by atoms with Gasteiger partial charge in [0.05, 0.1) is 6.61 Å². The van der Waals surface area contributed by atoms with Gasteiger partial charge in [-0.2, -0.15) is 0 Å². The Kier molecular flexibility index (Phi) is 21.9. The molecule has 0 bridgehead atoms. The van der Waals surface area contributed by atoms with Crippen LogP contribution in [-0.2, 0) is 9.53 Å². The quantitative estimate of drug-likeness (QED) is 0.109. The van der Waals surface area contributed by atoms with Crippen molar-refractivity contribution in [3.8, 4) is 0 Å². The lowest BCUT2D eigenvalue weighted by molar-refractivity contribution is -0.143. The van der Waals surface area contributed by atoms with Crippen molar-refractivity contribution >= 4 is 17.6 Å². The summed E-state index contributed by atoms with van der Waals surface area (Å²) in [6, 6.07) is 0. The Morgan fingerprint density at radius 1 is 0.630 bits per heavy atom. The number of carbonyl (C=O) groups is 1. The molecular formula is C24H47ClO2. The van der Waals surface area contributed by atoms with Gasteiger partial charge in [-0.15, -0.1) is 11.6 Å². The lowest BCUT2D eigenvalue weighted by atomic mass is 10.0. The van der Waals surface area contributed by atoms with Crippen molar-refractivity contribution in [2.24, 2.45) is 0 Å². The number of unbranched alkanes of at least 4 members (excludes halogenated alkanes) is 17. The summed E-state index contributed by atoms with van der Waals surface area (Å²) in [4.78, 5) is 11.4. The highest BCUT2D eigenvalue weighted by Crippen LogP contribution is 2.14. The molecule has 0 rings (SSSR count). The van der Waals surface area contributed by atoms with Crippen LogP contribution in [0.15, 0.2) is 0 Å². The standard InChI is InChI=1S/C24H47ClO2/c1-3-5-6-7-8-9-10-11-12-13-14-15-16-17-18-19-20-21-22-27-24(26)23(25)4-2/h23H,3-22H2,1-2H3. The number of ether oxygens (including phenoxy) is 1. The zero-order valence-electron chi connectivity index (χ0n) is 18.4. The highest BCUT2D eigenvalue weighted by atomic mass is 35.5. The Labute approximate surface area is 175 Å². The first-order valence-corrected chi connectivity index (χ1v) is 12.5. The van der Waals surface area contributed by atoms with Crippen molar-refractivity contribution in [2.45, 2.75) is 141 Å². The van der Waals surface area contributed by atoms with Crippen molar-refractivity contribution in [3.05, 3.63) is 0 Å². The molecule has 0 amide bonds. The van der Waals surface area contributed by atoms with Gasteiger partial charge >= 0.3 is 5.97 Å². The van der Waals surface area contributed by atoms with Crippen LogP contribution in [0, 0.1) is 0 Å². The summed E-state index contributed by atoms with van der Waals surface area (Å²) in [5.41, 5.74) is 0. The first kappa shape index (κ1) is 26.8. The minimum absolute atomic E-state index is 0.258. The van der Waals surface area contributed by atoms with Gasteiger partial charge in [-0.1, -0.05) is 123 Å². The number of rotatable bonds is 21. The van der Waals surface area contributed by atoms with Crippen LogP contribution in [0.5, 0.6) is 0 Å². The molecule has 0 spiro atoms. The normalized spacial score (nSPS) is 12.3. The SMILES string of the molecule is CCCCCCCCCCCCCCCCCCCCOC(=O)C(Cl)CC. The van der Waals surface area contributed by atoms with Gasteiger partial charge in [-0.25, -0.2) is 0 Å². The Morgan fingerprint density at radius 3 is 1.30 bits per heavy atom. The second-order valence-electron chi connectivity index (χ2n) is 8.05. The summed E-state index contributed by atoms with van der Waals surface area (Å²) in [5.74, 6) is -0.258. The molecule has 0 aromatic carbocycles. The molecule has 0 N–H and O–H groups in total. The number of hydrogen-bond donors (Lipinski definition) is 0. The second kappa shape index (κ2) is 22.1. The molecule has 0 aromatic heterocycles. The van der Waals surface area contributed by atoms with Crippen molar-refractivity contribution < 1.29 is 9.53 Å². The van der Waals surface area contributed by atoms with Crippen molar-refractivity contribution in [3.63, 3.8) is 0 Å². The van der Waals surface area contributed by atoms with Gasteiger partial charge in [0.25, 0.3) is 0 Å². The molecule has 0 aliphatic rings. The highest BCUT2D eigenvalue weighted by Gasteiger charge is 2.13. The molecule has 27 heavy (non-hydrogen) atoms. The zero-order chi connectivity index (χ0) is 20.0. The molecule has 0 heterocycles. The van der Waals surface area contributed by atoms with Crippen LogP contribution < -0.4 is 0 Å². The monoisotopic (exact) mass is 402 g/mol. The molecule has 0 aliphatic heterocycles. The lowest BCUT2D eigenvalue weighted by Crippen LogP contribution is -2.17. The molecule has 1 atom stereocenters. The van der Waals surface area contributed by atoms with Gasteiger partial charge in [-0.3, -0.25) is 4.79 Å². The van der Waals surface area contributed by atoms with Gasteiger partial charge in [0, 0.05) is 0 Å². The van der Waals surface area contributed by atoms with E-state index >= 15 is 0 Å². The molecule has 0 aliphatic carbocycles. The zero-order valence-corrected chi connectivity index (χ0v) is 19.2. The van der Waals surface area contributed by atoms with Crippen LogP contribution in [0.3, 0.4) is 0 Å². The van der Waals surface area contributed by atoms with Crippen LogP contribution in [0.4, 0.5) is 0 Å². The number of alkyl halides is 1. The number of esters is 1. The van der Waals surface area contributed by atoms with Crippen molar-refractivity contribution in [2.75, 3.05) is 6.61 Å². The summed E-state index contributed by atoms with van der Waals surface area (Å²) in [6.07, 6.45) is 25.2. The van der Waals surface area contributed by atoms with Crippen LogP contribution >= 0.6 is 11.6 Å². The largest absolute Gasteiger partial charge is 0.465 e. The van der Waals surface area contributed by atoms with E-state index in [1.807, 2.05) is 6.92 Å². The fourth-order valence-corrected chi connectivity index (χ4v) is 3.50. The summed E-state index contributed by atoms with van der Waals surface area (Å²) in [5, 5.41) is -0.472. The van der Waals surface area contributed by atoms with Crippen LogP contribution in [-0.4, -0.2) is 18.0 Å². The first-order valence-electron chi connectivity index (χ1n) is 12.0. The topological polar surface area (TPSA) is 26.3 Å². The van der Waals surface area contributed by atoms with Gasteiger partial charge in [-0.05, 0) is 12.8 Å². The van der Waals surface area contributed by atoms with Crippen molar-refractivity contribution in [1.82, 2.24) is 0 Å². The Balaban J connectivity index is 3.08. The predicted octanol–water partition coefficient (Wildman–Crippen LogP) is 8.59. The van der Waals surface area contributed by atoms with Crippen LogP contribution in [0.25, 0.3) is 0 Å². The van der Waals surface area contributed by atoms with E-state index in [4.69, 9.17) is 16.3 Å². The van der Waals surface area contributed by atoms with Crippen LogP contribution in [0.1, 0.15) is 136 Å². The average Bonchev–Trinajstić information content (AvgIpc) is 2.68. The third-order valence-electron chi connectivity index (χ3n) is 5.36. The Hall–Kier alpha value is -0.240. The van der Waals surface area contributed by atoms with E-state index in [1.54, 1.807) is 0 Å². The molecule has 0 saturated heterocycles. The van der Waals surface area contributed by atoms with Crippen LogP contribution in [0.2, 0.25) is 0 Å². The Morgan fingerprint density at radius 2 is 0.963 bits per heavy atom. The fraction of sp³-hybridized carbons (Fsp3) is 0.958. The highest BCUT2D eigenvalue weighted by molar-refractivity contribution is 6.29. The van der Waals surface area contributed by atoms with E-state index in [2.05, 4.69) is 6.92 Å². The smallest absolute Gasteiger partial charge is 0.324 e. The lowest BCUT2D eigenvalue weighted by Gasteiger charge is -2.07.